The molecule has 0 spiro atoms. The molecular formula is C24H34FN5O. The van der Waals surface area contributed by atoms with Crippen molar-refractivity contribution in [3.63, 3.8) is 0 Å². The Labute approximate surface area is 184 Å². The summed E-state index contributed by atoms with van der Waals surface area (Å²) in [5.41, 5.74) is 6.72. The largest absolute Gasteiger partial charge is 0.369 e. The second-order valence-corrected chi connectivity index (χ2v) is 8.81. The second-order valence-electron chi connectivity index (χ2n) is 8.81. The topological polar surface area (TPSA) is 85.7 Å². The Balaban J connectivity index is 1.36. The molecule has 1 saturated heterocycles. The number of piperidine rings is 1. The molecule has 168 valence electrons. The van der Waals surface area contributed by atoms with E-state index < -0.39 is 0 Å². The summed E-state index contributed by atoms with van der Waals surface area (Å²) in [4.78, 5) is 20.8. The van der Waals surface area contributed by atoms with E-state index in [2.05, 4.69) is 16.1 Å². The summed E-state index contributed by atoms with van der Waals surface area (Å²) in [5, 5.41) is 9.54. The molecule has 0 amide bonds. The Morgan fingerprint density at radius 1 is 1.16 bits per heavy atom. The first-order valence-corrected chi connectivity index (χ1v) is 11.6. The molecule has 1 aromatic carbocycles. The fourth-order valence-corrected chi connectivity index (χ4v) is 4.55. The Morgan fingerprint density at radius 2 is 1.84 bits per heavy atom. The molecule has 3 rings (SSSR count). The lowest BCUT2D eigenvalue weighted by Crippen LogP contribution is -2.42. The van der Waals surface area contributed by atoms with Crippen LogP contribution in [0.25, 0.3) is 0 Å². The predicted octanol–water partition coefficient (Wildman–Crippen LogP) is 3.93. The number of benzene rings is 1. The van der Waals surface area contributed by atoms with Crippen LogP contribution in [0.4, 0.5) is 4.39 Å². The Hall–Kier alpha value is -2.46. The number of nitrogens with zero attached hydrogens (tertiary/aromatic N) is 4. The predicted molar refractivity (Wildman–Crippen MR) is 120 cm³/mol. The van der Waals surface area contributed by atoms with Crippen molar-refractivity contribution in [1.82, 2.24) is 9.80 Å². The Bertz CT molecular complexity index is 774. The molecule has 0 aromatic heterocycles. The fraction of sp³-hybridized carbons (Fsp3) is 0.625. The van der Waals surface area contributed by atoms with Crippen molar-refractivity contribution in [2.75, 3.05) is 26.2 Å². The minimum absolute atomic E-state index is 0.0623. The molecule has 6 nitrogen and oxygen atoms in total. The third-order valence-corrected chi connectivity index (χ3v) is 6.48. The summed E-state index contributed by atoms with van der Waals surface area (Å²) in [6.45, 7) is 3.45. The lowest BCUT2D eigenvalue weighted by molar-refractivity contribution is 0.0969. The highest BCUT2D eigenvalue weighted by molar-refractivity contribution is 5.95. The molecule has 1 aromatic rings. The molecule has 1 heterocycles. The first kappa shape index (κ1) is 23.2. The Kier molecular flexibility index (Phi) is 8.84. The van der Waals surface area contributed by atoms with Gasteiger partial charge in [-0.3, -0.25) is 4.79 Å². The van der Waals surface area contributed by atoms with E-state index in [0.717, 1.165) is 51.7 Å². The molecule has 0 radical (unpaired) electrons. The minimum Gasteiger partial charge on any atom is -0.369 e. The molecule has 1 aliphatic heterocycles. The van der Waals surface area contributed by atoms with Crippen molar-refractivity contribution in [3.8, 4) is 6.19 Å². The average Bonchev–Trinajstić information content (AvgIpc) is 2.79. The van der Waals surface area contributed by atoms with Crippen LogP contribution >= 0.6 is 0 Å². The summed E-state index contributed by atoms with van der Waals surface area (Å²) in [6, 6.07) is 6.02. The summed E-state index contributed by atoms with van der Waals surface area (Å²) < 4.78 is 13.0. The van der Waals surface area contributed by atoms with Gasteiger partial charge < -0.3 is 10.6 Å². The third kappa shape index (κ3) is 7.32. The third-order valence-electron chi connectivity index (χ3n) is 6.48. The van der Waals surface area contributed by atoms with Crippen molar-refractivity contribution in [2.24, 2.45) is 16.6 Å². The second kappa shape index (κ2) is 11.8. The molecule has 0 unspecified atom stereocenters. The van der Waals surface area contributed by atoms with Crippen molar-refractivity contribution in [3.05, 3.63) is 35.6 Å². The number of nitrogens with two attached hydrogens (primary N) is 1. The van der Waals surface area contributed by atoms with Crippen molar-refractivity contribution in [2.45, 2.75) is 63.8 Å². The zero-order valence-electron chi connectivity index (χ0n) is 18.3. The average molecular weight is 428 g/mol. The number of halogens is 1. The van der Waals surface area contributed by atoms with Crippen LogP contribution in [0.3, 0.4) is 0 Å². The number of hydrogen-bond acceptors (Lipinski definition) is 4. The maximum absolute atomic E-state index is 13.0. The van der Waals surface area contributed by atoms with Gasteiger partial charge >= 0.3 is 0 Å². The summed E-state index contributed by atoms with van der Waals surface area (Å²) in [7, 11) is 0. The molecule has 1 aliphatic carbocycles. The first-order valence-electron chi connectivity index (χ1n) is 11.6. The quantitative estimate of drug-likeness (QED) is 0.223. The van der Waals surface area contributed by atoms with Gasteiger partial charge in [0.05, 0.1) is 6.04 Å². The number of Topliss-reactive ketones (excluding diaryl/α,β-unsaturated/α-hetero) is 1. The number of likely N-dealkylation sites (tertiary alicyclic amines) is 1. The molecule has 7 heteroatoms. The van der Waals surface area contributed by atoms with E-state index in [0.29, 0.717) is 30.4 Å². The van der Waals surface area contributed by atoms with Crippen LogP contribution < -0.4 is 5.73 Å². The van der Waals surface area contributed by atoms with Crippen LogP contribution in [0.5, 0.6) is 0 Å². The smallest absolute Gasteiger partial charge is 0.205 e. The number of hydrogen-bond donors (Lipinski definition) is 1. The van der Waals surface area contributed by atoms with Crippen LogP contribution in [-0.4, -0.2) is 53.8 Å². The number of ketones is 1. The normalized spacial score (nSPS) is 19.2. The first-order chi connectivity index (χ1) is 15.0. The molecule has 2 N–H and O–H groups in total. The number of rotatable bonds is 8. The molecule has 2 aliphatic rings. The highest BCUT2D eigenvalue weighted by Crippen LogP contribution is 2.22. The number of guanidine groups is 1. The maximum atomic E-state index is 13.0. The molecule has 31 heavy (non-hydrogen) atoms. The van der Waals surface area contributed by atoms with Gasteiger partial charge in [-0.15, -0.1) is 0 Å². The monoisotopic (exact) mass is 427 g/mol. The van der Waals surface area contributed by atoms with Crippen LogP contribution in [0, 0.1) is 23.2 Å². The van der Waals surface area contributed by atoms with E-state index in [1.807, 2.05) is 0 Å². The van der Waals surface area contributed by atoms with Crippen molar-refractivity contribution < 1.29 is 9.18 Å². The van der Waals surface area contributed by atoms with Gasteiger partial charge in [-0.25, -0.2) is 14.3 Å². The van der Waals surface area contributed by atoms with Gasteiger partial charge in [-0.1, -0.05) is 19.3 Å². The van der Waals surface area contributed by atoms with Gasteiger partial charge in [-0.2, -0.15) is 5.26 Å². The molecular weight excluding hydrogens is 393 g/mol. The lowest BCUT2D eigenvalue weighted by atomic mass is 9.95. The minimum atomic E-state index is -0.323. The van der Waals surface area contributed by atoms with Gasteiger partial charge in [0.2, 0.25) is 5.96 Å². The molecule has 0 atom stereocenters. The Morgan fingerprint density at radius 3 is 2.48 bits per heavy atom. The van der Waals surface area contributed by atoms with Gasteiger partial charge in [0.15, 0.2) is 12.0 Å². The van der Waals surface area contributed by atoms with E-state index in [1.54, 1.807) is 17.0 Å². The van der Waals surface area contributed by atoms with E-state index in [4.69, 9.17) is 5.73 Å². The van der Waals surface area contributed by atoms with Crippen LogP contribution in [0.15, 0.2) is 29.3 Å². The van der Waals surface area contributed by atoms with E-state index in [9.17, 15) is 14.4 Å². The van der Waals surface area contributed by atoms with E-state index >= 15 is 0 Å². The molecule has 1 saturated carbocycles. The van der Waals surface area contributed by atoms with Gasteiger partial charge in [-0.05, 0) is 81.9 Å². The number of aliphatic imine (C=N–C) groups is 1. The molecule has 2 fully saturated rings. The zero-order chi connectivity index (χ0) is 22.1. The maximum Gasteiger partial charge on any atom is 0.205 e. The van der Waals surface area contributed by atoms with Gasteiger partial charge in [0.1, 0.15) is 5.82 Å². The SMILES string of the molecule is N#CN(CC1CCN(CCCC(=O)c2ccc(F)cc2)CC1)C(N)=NC1CCCCC1. The van der Waals surface area contributed by atoms with E-state index in [-0.39, 0.29) is 17.6 Å². The van der Waals surface area contributed by atoms with Gasteiger partial charge in [0.25, 0.3) is 0 Å². The fourth-order valence-electron chi connectivity index (χ4n) is 4.55. The highest BCUT2D eigenvalue weighted by atomic mass is 19.1. The van der Waals surface area contributed by atoms with Crippen LogP contribution in [0.2, 0.25) is 0 Å². The summed E-state index contributed by atoms with van der Waals surface area (Å²) >= 11 is 0. The van der Waals surface area contributed by atoms with E-state index in [1.165, 1.54) is 31.4 Å². The number of nitriles is 1. The van der Waals surface area contributed by atoms with Gasteiger partial charge in [0, 0.05) is 18.5 Å². The van der Waals surface area contributed by atoms with Crippen molar-refractivity contribution >= 4 is 11.7 Å². The number of carbonyl (C=O) groups is 1. The number of carbonyl (C=O) groups excluding carboxylic acids is 1. The highest BCUT2D eigenvalue weighted by Gasteiger charge is 2.23. The summed E-state index contributed by atoms with van der Waals surface area (Å²) in [5.74, 6) is 0.539. The molecule has 0 bridgehead atoms. The van der Waals surface area contributed by atoms with Crippen molar-refractivity contribution in [1.29, 1.82) is 5.26 Å². The lowest BCUT2D eigenvalue weighted by Gasteiger charge is -2.33. The standard InChI is InChI=1S/C24H34FN5O/c25-21-10-8-20(9-11-21)23(31)7-4-14-29-15-12-19(13-16-29)17-30(18-26)24(27)28-22-5-2-1-3-6-22/h8-11,19,22H,1-7,12-17H2,(H2,27,28). The summed E-state index contributed by atoms with van der Waals surface area (Å²) in [6.07, 6.45) is 11.3. The zero-order valence-corrected chi connectivity index (χ0v) is 18.3. The van der Waals surface area contributed by atoms with Crippen LogP contribution in [-0.2, 0) is 0 Å². The van der Waals surface area contributed by atoms with Crippen LogP contribution in [0.1, 0.15) is 68.1 Å².